The molecule has 2 fully saturated rings. The van der Waals surface area contributed by atoms with Gasteiger partial charge in [-0.3, -0.25) is 0 Å². The van der Waals surface area contributed by atoms with E-state index in [0.717, 1.165) is 11.5 Å². The van der Waals surface area contributed by atoms with Crippen molar-refractivity contribution in [1.29, 1.82) is 0 Å². The zero-order chi connectivity index (χ0) is 12.1. The van der Waals surface area contributed by atoms with Crippen LogP contribution in [0.1, 0.15) is 64.7 Å². The molecule has 2 aliphatic carbocycles. The van der Waals surface area contributed by atoms with Gasteiger partial charge in [0.1, 0.15) is 0 Å². The van der Waals surface area contributed by atoms with Gasteiger partial charge in [-0.05, 0) is 69.3 Å². The van der Waals surface area contributed by atoms with Crippen LogP contribution in [0, 0.1) is 5.41 Å². The third-order valence-electron chi connectivity index (χ3n) is 4.99. The van der Waals surface area contributed by atoms with Crippen LogP contribution >= 0.6 is 11.8 Å². The minimum absolute atomic E-state index is 0.713. The standard InChI is InChI=1S/C15H29NS/c1-13(7-12-17-2)16-14-5-10-15(11-6-14)8-3-4-9-15/h13-14,16H,3-12H2,1-2H3. The minimum atomic E-state index is 0.713. The summed E-state index contributed by atoms with van der Waals surface area (Å²) in [6, 6.07) is 1.53. The molecule has 2 heteroatoms. The zero-order valence-corrected chi connectivity index (χ0v) is 12.5. The Balaban J connectivity index is 1.68. The predicted octanol–water partition coefficient (Wildman–Crippen LogP) is 4.22. The summed E-state index contributed by atoms with van der Waals surface area (Å²) in [5.74, 6) is 1.30. The summed E-state index contributed by atoms with van der Waals surface area (Å²) >= 11 is 1.97. The molecule has 0 heterocycles. The largest absolute Gasteiger partial charge is 0.311 e. The van der Waals surface area contributed by atoms with E-state index >= 15 is 0 Å². The van der Waals surface area contributed by atoms with Crippen molar-refractivity contribution in [3.63, 3.8) is 0 Å². The fraction of sp³-hybridized carbons (Fsp3) is 1.00. The lowest BCUT2D eigenvalue weighted by Gasteiger charge is -2.38. The molecule has 0 aliphatic heterocycles. The smallest absolute Gasteiger partial charge is 0.00699 e. The normalized spacial score (nSPS) is 26.5. The van der Waals surface area contributed by atoms with Crippen LogP contribution < -0.4 is 5.32 Å². The molecule has 0 radical (unpaired) electrons. The topological polar surface area (TPSA) is 12.0 Å². The van der Waals surface area contributed by atoms with Gasteiger partial charge in [-0.15, -0.1) is 0 Å². The number of hydrogen-bond donors (Lipinski definition) is 1. The van der Waals surface area contributed by atoms with Crippen molar-refractivity contribution in [2.75, 3.05) is 12.0 Å². The van der Waals surface area contributed by atoms with Crippen molar-refractivity contribution in [2.24, 2.45) is 5.41 Å². The van der Waals surface area contributed by atoms with Gasteiger partial charge < -0.3 is 5.32 Å². The summed E-state index contributed by atoms with van der Waals surface area (Å²) in [7, 11) is 0. The molecule has 1 nitrogen and oxygen atoms in total. The molecule has 100 valence electrons. The second-order valence-electron chi connectivity index (χ2n) is 6.33. The van der Waals surface area contributed by atoms with Crippen LogP contribution in [0.3, 0.4) is 0 Å². The highest BCUT2D eigenvalue weighted by atomic mass is 32.2. The summed E-state index contributed by atoms with van der Waals surface area (Å²) in [6.07, 6.45) is 15.5. The molecule has 1 spiro atoms. The van der Waals surface area contributed by atoms with Gasteiger partial charge in [-0.25, -0.2) is 0 Å². The maximum absolute atomic E-state index is 3.85. The number of nitrogens with one attached hydrogen (secondary N) is 1. The second kappa shape index (κ2) is 6.47. The molecule has 1 N–H and O–H groups in total. The molecule has 0 aromatic heterocycles. The number of thioether (sulfide) groups is 1. The molecule has 0 aromatic rings. The first-order valence-corrected chi connectivity index (χ1v) is 8.88. The maximum Gasteiger partial charge on any atom is 0.00699 e. The van der Waals surface area contributed by atoms with E-state index in [1.165, 1.54) is 63.5 Å². The quantitative estimate of drug-likeness (QED) is 0.789. The number of hydrogen-bond acceptors (Lipinski definition) is 2. The third-order valence-corrected chi connectivity index (χ3v) is 5.63. The molecule has 1 unspecified atom stereocenters. The van der Waals surface area contributed by atoms with Crippen molar-refractivity contribution in [1.82, 2.24) is 5.32 Å². The van der Waals surface area contributed by atoms with E-state index in [9.17, 15) is 0 Å². The molecule has 0 amide bonds. The molecule has 1 atom stereocenters. The lowest BCUT2D eigenvalue weighted by atomic mass is 9.71. The molecule has 0 aromatic carbocycles. The molecule has 2 saturated carbocycles. The molecule has 2 rings (SSSR count). The van der Waals surface area contributed by atoms with E-state index in [4.69, 9.17) is 0 Å². The van der Waals surface area contributed by atoms with Gasteiger partial charge in [0.15, 0.2) is 0 Å². The molecule has 17 heavy (non-hydrogen) atoms. The Morgan fingerprint density at radius 1 is 1.18 bits per heavy atom. The average Bonchev–Trinajstić information content (AvgIpc) is 2.79. The van der Waals surface area contributed by atoms with Crippen molar-refractivity contribution < 1.29 is 0 Å². The van der Waals surface area contributed by atoms with Gasteiger partial charge in [0.05, 0.1) is 0 Å². The lowest BCUT2D eigenvalue weighted by molar-refractivity contribution is 0.163. The monoisotopic (exact) mass is 255 g/mol. The summed E-state index contributed by atoms with van der Waals surface area (Å²) in [4.78, 5) is 0. The van der Waals surface area contributed by atoms with Gasteiger partial charge in [0.25, 0.3) is 0 Å². The summed E-state index contributed by atoms with van der Waals surface area (Å²) in [5.41, 5.74) is 0.792. The SMILES string of the molecule is CSCCC(C)NC1CCC2(CCCC2)CC1. The minimum Gasteiger partial charge on any atom is -0.311 e. The Kier molecular flexibility index (Phi) is 5.23. The van der Waals surface area contributed by atoms with E-state index in [2.05, 4.69) is 18.5 Å². The predicted molar refractivity (Wildman–Crippen MR) is 78.8 cm³/mol. The molecular weight excluding hydrogens is 226 g/mol. The fourth-order valence-electron chi connectivity index (χ4n) is 3.80. The molecule has 0 bridgehead atoms. The number of rotatable bonds is 5. The highest BCUT2D eigenvalue weighted by molar-refractivity contribution is 7.98. The third kappa shape index (κ3) is 3.89. The van der Waals surface area contributed by atoms with Gasteiger partial charge in [0, 0.05) is 12.1 Å². The highest BCUT2D eigenvalue weighted by Crippen LogP contribution is 2.48. The van der Waals surface area contributed by atoms with Gasteiger partial charge in [0.2, 0.25) is 0 Å². The first-order valence-electron chi connectivity index (χ1n) is 7.49. The van der Waals surface area contributed by atoms with Crippen molar-refractivity contribution in [3.8, 4) is 0 Å². The van der Waals surface area contributed by atoms with Crippen LogP contribution in [0.15, 0.2) is 0 Å². The zero-order valence-electron chi connectivity index (χ0n) is 11.6. The molecule has 2 aliphatic rings. The van der Waals surface area contributed by atoms with Crippen LogP contribution in [0.2, 0.25) is 0 Å². The van der Waals surface area contributed by atoms with E-state index in [1.54, 1.807) is 0 Å². The Bertz CT molecular complexity index is 213. The van der Waals surface area contributed by atoms with Crippen LogP contribution in [0.4, 0.5) is 0 Å². The maximum atomic E-state index is 3.85. The highest BCUT2D eigenvalue weighted by Gasteiger charge is 2.37. The fourth-order valence-corrected chi connectivity index (χ4v) is 4.39. The summed E-state index contributed by atoms with van der Waals surface area (Å²) in [6.45, 7) is 2.36. The van der Waals surface area contributed by atoms with E-state index in [0.29, 0.717) is 6.04 Å². The van der Waals surface area contributed by atoms with Crippen molar-refractivity contribution >= 4 is 11.8 Å². The van der Waals surface area contributed by atoms with Crippen LogP contribution in [0.25, 0.3) is 0 Å². The van der Waals surface area contributed by atoms with Gasteiger partial charge in [-0.1, -0.05) is 12.8 Å². The van der Waals surface area contributed by atoms with Crippen LogP contribution in [-0.4, -0.2) is 24.1 Å². The van der Waals surface area contributed by atoms with Gasteiger partial charge >= 0.3 is 0 Å². The van der Waals surface area contributed by atoms with E-state index < -0.39 is 0 Å². The first kappa shape index (κ1) is 13.7. The van der Waals surface area contributed by atoms with Gasteiger partial charge in [-0.2, -0.15) is 11.8 Å². The lowest BCUT2D eigenvalue weighted by Crippen LogP contribution is -2.41. The second-order valence-corrected chi connectivity index (χ2v) is 7.32. The summed E-state index contributed by atoms with van der Waals surface area (Å²) < 4.78 is 0. The van der Waals surface area contributed by atoms with E-state index in [-0.39, 0.29) is 0 Å². The Morgan fingerprint density at radius 3 is 2.41 bits per heavy atom. The Hall–Kier alpha value is 0.310. The molecular formula is C15H29NS. The Morgan fingerprint density at radius 2 is 1.82 bits per heavy atom. The van der Waals surface area contributed by atoms with Crippen LogP contribution in [-0.2, 0) is 0 Å². The van der Waals surface area contributed by atoms with Crippen molar-refractivity contribution in [2.45, 2.75) is 76.8 Å². The van der Waals surface area contributed by atoms with Crippen LogP contribution in [0.5, 0.6) is 0 Å². The Labute approximate surface area is 112 Å². The first-order chi connectivity index (χ1) is 8.24. The van der Waals surface area contributed by atoms with Crippen molar-refractivity contribution in [3.05, 3.63) is 0 Å². The summed E-state index contributed by atoms with van der Waals surface area (Å²) in [5, 5.41) is 3.85. The molecule has 0 saturated heterocycles. The van der Waals surface area contributed by atoms with E-state index in [1.807, 2.05) is 11.8 Å². The average molecular weight is 255 g/mol.